The minimum absolute atomic E-state index is 0.0582. The molecule has 0 saturated heterocycles. The van der Waals surface area contributed by atoms with E-state index in [0.29, 0.717) is 15.2 Å². The highest BCUT2D eigenvalue weighted by Crippen LogP contribution is 2.32. The average molecular weight is 471 g/mol. The van der Waals surface area contributed by atoms with Gasteiger partial charge in [0.2, 0.25) is 0 Å². The summed E-state index contributed by atoms with van der Waals surface area (Å²) in [7, 11) is 0. The molecule has 162 valence electrons. The highest BCUT2D eigenvalue weighted by atomic mass is 32.1. The molecule has 0 atom stereocenters. The van der Waals surface area contributed by atoms with Crippen LogP contribution in [-0.2, 0) is 6.54 Å². The number of thiazole rings is 1. The monoisotopic (exact) mass is 470 g/mol. The Hall–Kier alpha value is -3.80. The highest BCUT2D eigenvalue weighted by molar-refractivity contribution is 7.19. The van der Waals surface area contributed by atoms with Gasteiger partial charge < -0.3 is 5.11 Å². The molecule has 6 nitrogen and oxygen atoms in total. The topological polar surface area (TPSA) is 91.8 Å². The minimum Gasteiger partial charge on any atom is -0.509 e. The molecule has 3 aromatic heterocycles. The van der Waals surface area contributed by atoms with Gasteiger partial charge in [0.25, 0.3) is 5.56 Å². The third-order valence-electron chi connectivity index (χ3n) is 5.61. The lowest BCUT2D eigenvalue weighted by Gasteiger charge is -2.08. The molecule has 0 amide bonds. The van der Waals surface area contributed by atoms with E-state index in [1.54, 1.807) is 0 Å². The number of allylic oxidation sites excluding steroid dienone is 2. The Morgan fingerprint density at radius 2 is 2.00 bits per heavy atom. The molecule has 0 fully saturated rings. The van der Waals surface area contributed by atoms with Crippen molar-refractivity contribution in [1.29, 1.82) is 5.26 Å². The number of hydrogen-bond acceptors (Lipinski definition) is 7. The van der Waals surface area contributed by atoms with Gasteiger partial charge in [0.05, 0.1) is 28.5 Å². The van der Waals surface area contributed by atoms with Crippen molar-refractivity contribution < 1.29 is 5.11 Å². The van der Waals surface area contributed by atoms with Gasteiger partial charge in [0.15, 0.2) is 0 Å². The molecule has 3 heterocycles. The maximum absolute atomic E-state index is 13.4. The molecule has 0 unspecified atom stereocenters. The van der Waals surface area contributed by atoms with Gasteiger partial charge in [-0.25, -0.2) is 9.97 Å². The molecular formula is C25H18N4O2S2. The normalized spacial score (nSPS) is 12.2. The lowest BCUT2D eigenvalue weighted by molar-refractivity contribution is 0.376. The molecule has 0 bridgehead atoms. The first kappa shape index (κ1) is 21.1. The largest absolute Gasteiger partial charge is 0.509 e. The third kappa shape index (κ3) is 3.71. The predicted octanol–water partition coefficient (Wildman–Crippen LogP) is 5.84. The molecule has 8 heteroatoms. The first-order valence-electron chi connectivity index (χ1n) is 10.2. The van der Waals surface area contributed by atoms with Crippen LogP contribution < -0.4 is 5.56 Å². The van der Waals surface area contributed by atoms with E-state index < -0.39 is 0 Å². The van der Waals surface area contributed by atoms with Gasteiger partial charge in [-0.05, 0) is 42.7 Å². The van der Waals surface area contributed by atoms with Crippen LogP contribution in [0.3, 0.4) is 0 Å². The molecule has 0 aliphatic heterocycles. The van der Waals surface area contributed by atoms with Crippen LogP contribution >= 0.6 is 22.7 Å². The number of aromatic nitrogens is 3. The van der Waals surface area contributed by atoms with E-state index in [4.69, 9.17) is 0 Å². The number of rotatable bonds is 4. The van der Waals surface area contributed by atoms with Crippen LogP contribution in [0.4, 0.5) is 0 Å². The van der Waals surface area contributed by atoms with Gasteiger partial charge in [0, 0.05) is 10.9 Å². The van der Waals surface area contributed by atoms with Crippen molar-refractivity contribution in [3.63, 3.8) is 0 Å². The Kier molecular flexibility index (Phi) is 5.29. The summed E-state index contributed by atoms with van der Waals surface area (Å²) < 4.78 is 2.25. The smallest absolute Gasteiger partial charge is 0.263 e. The van der Waals surface area contributed by atoms with E-state index in [-0.39, 0.29) is 23.4 Å². The minimum atomic E-state index is -0.261. The van der Waals surface area contributed by atoms with Crippen LogP contribution in [0.15, 0.2) is 64.7 Å². The average Bonchev–Trinajstić information content (AvgIpc) is 3.43. The van der Waals surface area contributed by atoms with Crippen LogP contribution in [0.2, 0.25) is 0 Å². The van der Waals surface area contributed by atoms with Crippen LogP contribution in [0.5, 0.6) is 0 Å². The van der Waals surface area contributed by atoms with Crippen molar-refractivity contribution >= 4 is 48.7 Å². The van der Waals surface area contributed by atoms with E-state index in [0.717, 1.165) is 26.9 Å². The fourth-order valence-electron chi connectivity index (χ4n) is 3.66. The van der Waals surface area contributed by atoms with Crippen LogP contribution in [0.1, 0.15) is 16.1 Å². The van der Waals surface area contributed by atoms with Gasteiger partial charge in [0.1, 0.15) is 27.2 Å². The van der Waals surface area contributed by atoms with Crippen molar-refractivity contribution in [2.45, 2.75) is 20.4 Å². The summed E-state index contributed by atoms with van der Waals surface area (Å²) >= 11 is 2.74. The summed E-state index contributed by atoms with van der Waals surface area (Å²) in [6.07, 6.45) is 1.41. The van der Waals surface area contributed by atoms with E-state index >= 15 is 0 Å². The summed E-state index contributed by atoms with van der Waals surface area (Å²) in [4.78, 5) is 22.9. The zero-order valence-electron chi connectivity index (χ0n) is 17.9. The van der Waals surface area contributed by atoms with E-state index in [2.05, 4.69) is 16.0 Å². The number of fused-ring (bicyclic) bond motifs is 2. The summed E-state index contributed by atoms with van der Waals surface area (Å²) in [5, 5.41) is 23.3. The number of para-hydroxylation sites is 1. The summed E-state index contributed by atoms with van der Waals surface area (Å²) in [6.45, 7) is 3.92. The maximum atomic E-state index is 13.4. The van der Waals surface area contributed by atoms with Crippen LogP contribution in [-0.4, -0.2) is 19.6 Å². The van der Waals surface area contributed by atoms with Crippen molar-refractivity contribution in [3.05, 3.63) is 86.4 Å². The Bertz CT molecular complexity index is 1630. The number of aliphatic hydroxyl groups is 1. The second kappa shape index (κ2) is 8.28. The van der Waals surface area contributed by atoms with Crippen LogP contribution in [0, 0.1) is 25.2 Å². The first-order valence-corrected chi connectivity index (χ1v) is 11.9. The number of nitriles is 1. The van der Waals surface area contributed by atoms with Crippen molar-refractivity contribution in [1.82, 2.24) is 14.5 Å². The first-order chi connectivity index (χ1) is 16.0. The number of thiophene rings is 1. The molecule has 5 aromatic rings. The second-order valence-corrected chi connectivity index (χ2v) is 9.62. The molecule has 0 spiro atoms. The van der Waals surface area contributed by atoms with Gasteiger partial charge in [-0.2, -0.15) is 5.26 Å². The third-order valence-corrected chi connectivity index (χ3v) is 7.55. The van der Waals surface area contributed by atoms with E-state index in [9.17, 15) is 15.2 Å². The van der Waals surface area contributed by atoms with Crippen LogP contribution in [0.25, 0.3) is 37.1 Å². The Balaban J connectivity index is 1.58. The summed E-state index contributed by atoms with van der Waals surface area (Å²) in [6, 6.07) is 15.7. The molecule has 1 N–H and O–H groups in total. The van der Waals surface area contributed by atoms with E-state index in [1.807, 2.05) is 61.7 Å². The highest BCUT2D eigenvalue weighted by Gasteiger charge is 2.17. The predicted molar refractivity (Wildman–Crippen MR) is 134 cm³/mol. The lowest BCUT2D eigenvalue weighted by Crippen LogP contribution is -2.21. The molecule has 0 aliphatic rings. The second-order valence-electron chi connectivity index (χ2n) is 7.73. The van der Waals surface area contributed by atoms with Gasteiger partial charge >= 0.3 is 0 Å². The molecule has 33 heavy (non-hydrogen) atoms. The fourth-order valence-corrected chi connectivity index (χ4v) is 5.55. The van der Waals surface area contributed by atoms with Crippen molar-refractivity contribution in [2.24, 2.45) is 0 Å². The number of aryl methyl sites for hydroxylation is 2. The molecular weight excluding hydrogens is 452 g/mol. The number of nitrogens with zero attached hydrogens (tertiary/aromatic N) is 4. The Morgan fingerprint density at radius 3 is 2.76 bits per heavy atom. The number of hydrogen-bond donors (Lipinski definition) is 1. The molecule has 5 rings (SSSR count). The molecule has 2 aromatic carbocycles. The summed E-state index contributed by atoms with van der Waals surface area (Å²) in [5.74, 6) is -0.220. The zero-order valence-corrected chi connectivity index (χ0v) is 19.5. The quantitative estimate of drug-likeness (QED) is 0.263. The molecule has 0 aliphatic carbocycles. The van der Waals surface area contributed by atoms with Gasteiger partial charge in [-0.1, -0.05) is 30.3 Å². The van der Waals surface area contributed by atoms with Gasteiger partial charge in [-0.15, -0.1) is 22.7 Å². The van der Waals surface area contributed by atoms with E-state index in [1.165, 1.54) is 39.1 Å². The number of benzene rings is 2. The summed E-state index contributed by atoms with van der Waals surface area (Å²) in [5.41, 5.74) is 4.65. The maximum Gasteiger partial charge on any atom is 0.263 e. The lowest BCUT2D eigenvalue weighted by atomic mass is 10.0. The standard InChI is InChI=1S/C25H18N4O2S2/c1-14-7-8-16(9-15(14)2)18-12-32-24-22(18)25(31)29(13-27-24)11-20(30)17(10-26)23-28-19-5-3-4-6-21(19)33-23/h3-9,12-13,30H,11H2,1-2H3/b20-17-. The van der Waals surface area contributed by atoms with Crippen molar-refractivity contribution in [3.8, 4) is 17.2 Å². The fraction of sp³-hybridized carbons (Fsp3) is 0.120. The number of aliphatic hydroxyl groups excluding tert-OH is 1. The molecule has 0 saturated carbocycles. The Labute approximate surface area is 197 Å². The zero-order chi connectivity index (χ0) is 23.1. The molecule has 0 radical (unpaired) electrons. The van der Waals surface area contributed by atoms with Gasteiger partial charge in [-0.3, -0.25) is 9.36 Å². The Morgan fingerprint density at radius 1 is 1.18 bits per heavy atom. The SMILES string of the molecule is Cc1ccc(-c2csc3ncn(C/C(O)=C(\C#N)c4nc5ccccc5s4)c(=O)c23)cc1C. The van der Waals surface area contributed by atoms with Crippen molar-refractivity contribution in [2.75, 3.05) is 0 Å².